The van der Waals surface area contributed by atoms with Crippen LogP contribution in [0.3, 0.4) is 0 Å². The number of rotatable bonds is 4. The standard InChI is InChI=1S/C16H32N4/c1-15(2,11-16(3,4)20-9-14(17)10-20)19-7-12-5-18-6-13(12)8-19/h12-14,18H,5-11,17H2,1-4H3/t12-,13+. The number of nitrogens with zero attached hydrogens (tertiary/aromatic N) is 2. The van der Waals surface area contributed by atoms with Crippen molar-refractivity contribution < 1.29 is 0 Å². The van der Waals surface area contributed by atoms with E-state index in [-0.39, 0.29) is 11.1 Å². The van der Waals surface area contributed by atoms with Crippen molar-refractivity contribution in [1.29, 1.82) is 0 Å². The Kier molecular flexibility index (Phi) is 3.65. The molecule has 3 fully saturated rings. The minimum atomic E-state index is 0.259. The van der Waals surface area contributed by atoms with E-state index in [1.165, 1.54) is 32.6 Å². The van der Waals surface area contributed by atoms with Crippen LogP contribution in [0.5, 0.6) is 0 Å². The highest BCUT2D eigenvalue weighted by Crippen LogP contribution is 2.37. The molecule has 0 aliphatic carbocycles. The molecule has 0 bridgehead atoms. The van der Waals surface area contributed by atoms with Gasteiger partial charge in [-0.1, -0.05) is 0 Å². The molecule has 3 aliphatic rings. The summed E-state index contributed by atoms with van der Waals surface area (Å²) in [5.41, 5.74) is 6.50. The molecule has 0 aromatic rings. The van der Waals surface area contributed by atoms with Gasteiger partial charge in [0.1, 0.15) is 0 Å². The summed E-state index contributed by atoms with van der Waals surface area (Å²) < 4.78 is 0. The van der Waals surface area contributed by atoms with Crippen molar-refractivity contribution in [3.8, 4) is 0 Å². The van der Waals surface area contributed by atoms with Gasteiger partial charge in [0.25, 0.3) is 0 Å². The minimum absolute atomic E-state index is 0.259. The zero-order valence-electron chi connectivity index (χ0n) is 13.7. The zero-order chi connectivity index (χ0) is 14.5. The molecule has 20 heavy (non-hydrogen) atoms. The summed E-state index contributed by atoms with van der Waals surface area (Å²) in [6.07, 6.45) is 1.22. The molecule has 4 nitrogen and oxygen atoms in total. The van der Waals surface area contributed by atoms with E-state index >= 15 is 0 Å². The lowest BCUT2D eigenvalue weighted by Crippen LogP contribution is -2.65. The molecule has 3 saturated heterocycles. The first-order chi connectivity index (χ1) is 9.28. The third-order valence-corrected chi connectivity index (χ3v) is 5.88. The second-order valence-corrected chi connectivity index (χ2v) is 8.55. The largest absolute Gasteiger partial charge is 0.325 e. The van der Waals surface area contributed by atoms with Crippen LogP contribution in [0.2, 0.25) is 0 Å². The molecule has 0 spiro atoms. The summed E-state index contributed by atoms with van der Waals surface area (Å²) in [7, 11) is 0. The second kappa shape index (κ2) is 4.94. The highest BCUT2D eigenvalue weighted by Gasteiger charge is 2.45. The molecular formula is C16H32N4. The first-order valence-electron chi connectivity index (χ1n) is 8.24. The van der Waals surface area contributed by atoms with Gasteiger partial charge in [-0.2, -0.15) is 0 Å². The van der Waals surface area contributed by atoms with Crippen molar-refractivity contribution in [3.63, 3.8) is 0 Å². The Morgan fingerprint density at radius 2 is 1.35 bits per heavy atom. The normalized spacial score (nSPS) is 33.5. The van der Waals surface area contributed by atoms with Crippen LogP contribution < -0.4 is 11.1 Å². The highest BCUT2D eigenvalue weighted by atomic mass is 15.3. The topological polar surface area (TPSA) is 44.5 Å². The summed E-state index contributed by atoms with van der Waals surface area (Å²) in [5, 5.41) is 3.54. The van der Waals surface area contributed by atoms with E-state index in [9.17, 15) is 0 Å². The quantitative estimate of drug-likeness (QED) is 0.797. The molecule has 4 heteroatoms. The maximum Gasteiger partial charge on any atom is 0.0297 e. The van der Waals surface area contributed by atoms with Gasteiger partial charge in [-0.25, -0.2) is 0 Å². The SMILES string of the molecule is CC(C)(CC(C)(C)N1C[C@H]2CNC[C@H]2C1)N1CC(N)C1. The Morgan fingerprint density at radius 3 is 1.80 bits per heavy atom. The first-order valence-corrected chi connectivity index (χ1v) is 8.24. The molecular weight excluding hydrogens is 248 g/mol. The molecule has 0 saturated carbocycles. The van der Waals surface area contributed by atoms with Crippen molar-refractivity contribution in [2.24, 2.45) is 17.6 Å². The van der Waals surface area contributed by atoms with E-state index in [1.54, 1.807) is 0 Å². The molecule has 0 aromatic carbocycles. The molecule has 0 unspecified atom stereocenters. The van der Waals surface area contributed by atoms with Gasteiger partial charge in [0, 0.05) is 43.3 Å². The van der Waals surface area contributed by atoms with Crippen LogP contribution in [0.4, 0.5) is 0 Å². The summed E-state index contributed by atoms with van der Waals surface area (Å²) in [6, 6.07) is 0.398. The monoisotopic (exact) mass is 280 g/mol. The number of hydrogen-bond acceptors (Lipinski definition) is 4. The number of likely N-dealkylation sites (tertiary alicyclic amines) is 2. The summed E-state index contributed by atoms with van der Waals surface area (Å²) in [6.45, 7) is 16.8. The Balaban J connectivity index is 1.60. The van der Waals surface area contributed by atoms with E-state index in [1.807, 2.05) is 0 Å². The van der Waals surface area contributed by atoms with E-state index < -0.39 is 0 Å². The van der Waals surface area contributed by atoms with Gasteiger partial charge in [-0.15, -0.1) is 0 Å². The smallest absolute Gasteiger partial charge is 0.0297 e. The van der Waals surface area contributed by atoms with E-state index in [0.717, 1.165) is 24.9 Å². The molecule has 0 amide bonds. The predicted octanol–water partition coefficient (Wildman–Crippen LogP) is 0.728. The fourth-order valence-electron chi connectivity index (χ4n) is 4.64. The van der Waals surface area contributed by atoms with Crippen LogP contribution in [0, 0.1) is 11.8 Å². The van der Waals surface area contributed by atoms with Gasteiger partial charge in [0.15, 0.2) is 0 Å². The van der Waals surface area contributed by atoms with Gasteiger partial charge in [-0.05, 0) is 59.0 Å². The van der Waals surface area contributed by atoms with Crippen molar-refractivity contribution in [3.05, 3.63) is 0 Å². The average Bonchev–Trinajstić information content (AvgIpc) is 2.82. The Bertz CT molecular complexity index is 347. The second-order valence-electron chi connectivity index (χ2n) is 8.55. The predicted molar refractivity (Wildman–Crippen MR) is 83.7 cm³/mol. The molecule has 116 valence electrons. The van der Waals surface area contributed by atoms with Crippen LogP contribution in [-0.4, -0.2) is 66.2 Å². The lowest BCUT2D eigenvalue weighted by atomic mass is 9.82. The van der Waals surface area contributed by atoms with Gasteiger partial charge in [0.05, 0.1) is 0 Å². The fourth-order valence-corrected chi connectivity index (χ4v) is 4.64. The van der Waals surface area contributed by atoms with Gasteiger partial charge >= 0.3 is 0 Å². The molecule has 0 aromatic heterocycles. The molecule has 0 radical (unpaired) electrons. The number of nitrogens with two attached hydrogens (primary N) is 1. The van der Waals surface area contributed by atoms with Crippen molar-refractivity contribution in [2.75, 3.05) is 39.3 Å². The zero-order valence-corrected chi connectivity index (χ0v) is 13.7. The van der Waals surface area contributed by atoms with Crippen molar-refractivity contribution >= 4 is 0 Å². The molecule has 3 rings (SSSR count). The lowest BCUT2D eigenvalue weighted by molar-refractivity contribution is -0.00722. The van der Waals surface area contributed by atoms with Crippen LogP contribution in [0.15, 0.2) is 0 Å². The van der Waals surface area contributed by atoms with Crippen LogP contribution in [-0.2, 0) is 0 Å². The van der Waals surface area contributed by atoms with Crippen LogP contribution in [0.1, 0.15) is 34.1 Å². The number of fused-ring (bicyclic) bond motifs is 1. The third-order valence-electron chi connectivity index (χ3n) is 5.88. The first kappa shape index (κ1) is 14.8. The Morgan fingerprint density at radius 1 is 0.900 bits per heavy atom. The van der Waals surface area contributed by atoms with Gasteiger partial charge < -0.3 is 11.1 Å². The van der Waals surface area contributed by atoms with Gasteiger partial charge in [-0.3, -0.25) is 9.80 Å². The van der Waals surface area contributed by atoms with E-state index in [0.29, 0.717) is 6.04 Å². The molecule has 3 heterocycles. The maximum atomic E-state index is 5.95. The fraction of sp³-hybridized carbons (Fsp3) is 1.00. The number of nitrogens with one attached hydrogen (secondary N) is 1. The summed E-state index contributed by atoms with van der Waals surface area (Å²) in [5.74, 6) is 1.77. The maximum absolute atomic E-state index is 5.95. The average molecular weight is 280 g/mol. The van der Waals surface area contributed by atoms with E-state index in [2.05, 4.69) is 42.8 Å². The summed E-state index contributed by atoms with van der Waals surface area (Å²) in [4.78, 5) is 5.29. The summed E-state index contributed by atoms with van der Waals surface area (Å²) >= 11 is 0. The van der Waals surface area contributed by atoms with Crippen LogP contribution >= 0.6 is 0 Å². The lowest BCUT2D eigenvalue weighted by Gasteiger charge is -2.52. The third kappa shape index (κ3) is 2.63. The van der Waals surface area contributed by atoms with Crippen LogP contribution in [0.25, 0.3) is 0 Å². The molecule has 3 N–H and O–H groups in total. The Labute approximate surface area is 124 Å². The molecule has 3 aliphatic heterocycles. The van der Waals surface area contributed by atoms with Gasteiger partial charge in [0.2, 0.25) is 0 Å². The van der Waals surface area contributed by atoms with Crippen molar-refractivity contribution in [2.45, 2.75) is 51.2 Å². The molecule has 2 atom stereocenters. The number of hydrogen-bond donors (Lipinski definition) is 2. The highest BCUT2D eigenvalue weighted by molar-refractivity contribution is 5.02. The Hall–Kier alpha value is -0.160. The van der Waals surface area contributed by atoms with E-state index in [4.69, 9.17) is 5.73 Å². The minimum Gasteiger partial charge on any atom is -0.325 e. The van der Waals surface area contributed by atoms with Crippen molar-refractivity contribution in [1.82, 2.24) is 15.1 Å².